The van der Waals surface area contributed by atoms with Gasteiger partial charge in [0.25, 0.3) is 0 Å². The fraction of sp³-hybridized carbons (Fsp3) is 0.444. The average molecular weight is 297 g/mol. The number of aromatic nitrogens is 2. The van der Waals surface area contributed by atoms with E-state index in [4.69, 9.17) is 0 Å². The van der Waals surface area contributed by atoms with Crippen molar-refractivity contribution < 1.29 is 4.79 Å². The topological polar surface area (TPSA) is 46.9 Å². The van der Waals surface area contributed by atoms with Gasteiger partial charge in [0.1, 0.15) is 0 Å². The molecule has 1 aliphatic rings. The van der Waals surface area contributed by atoms with E-state index in [0.29, 0.717) is 6.42 Å². The molecule has 1 heterocycles. The Labute approximate surface area is 131 Å². The van der Waals surface area contributed by atoms with E-state index in [-0.39, 0.29) is 11.4 Å². The fourth-order valence-electron chi connectivity index (χ4n) is 3.23. The van der Waals surface area contributed by atoms with Crippen LogP contribution in [0.2, 0.25) is 0 Å². The van der Waals surface area contributed by atoms with Crippen LogP contribution in [0, 0.1) is 0 Å². The highest BCUT2D eigenvalue weighted by Crippen LogP contribution is 2.28. The third-order valence-electron chi connectivity index (χ3n) is 4.44. The molecule has 1 aliphatic carbocycles. The molecule has 1 aromatic carbocycles. The highest BCUT2D eigenvalue weighted by molar-refractivity contribution is 5.76. The van der Waals surface area contributed by atoms with E-state index in [1.807, 2.05) is 16.9 Å². The molecule has 2 aromatic rings. The molecule has 0 saturated carbocycles. The van der Waals surface area contributed by atoms with Crippen LogP contribution in [0.1, 0.15) is 37.3 Å². The summed E-state index contributed by atoms with van der Waals surface area (Å²) in [4.78, 5) is 12.2. The second-order valence-corrected chi connectivity index (χ2v) is 6.43. The number of nitrogens with one attached hydrogen (secondary N) is 1. The summed E-state index contributed by atoms with van der Waals surface area (Å²) in [6.07, 6.45) is 8.04. The van der Waals surface area contributed by atoms with Gasteiger partial charge in [-0.1, -0.05) is 24.3 Å². The van der Waals surface area contributed by atoms with Gasteiger partial charge in [0.15, 0.2) is 0 Å². The van der Waals surface area contributed by atoms with E-state index in [9.17, 15) is 4.79 Å². The first kappa shape index (κ1) is 14.8. The molecular weight excluding hydrogens is 274 g/mol. The maximum atomic E-state index is 12.2. The Hall–Kier alpha value is -2.10. The summed E-state index contributed by atoms with van der Waals surface area (Å²) in [5.41, 5.74) is 2.68. The first-order valence-electron chi connectivity index (χ1n) is 8.00. The zero-order valence-electron chi connectivity index (χ0n) is 13.1. The number of carbonyl (C=O) groups is 1. The predicted octanol–water partition coefficient (Wildman–Crippen LogP) is 2.73. The van der Waals surface area contributed by atoms with Crippen LogP contribution in [-0.2, 0) is 24.2 Å². The van der Waals surface area contributed by atoms with Gasteiger partial charge in [0, 0.05) is 30.9 Å². The second kappa shape index (κ2) is 6.34. The van der Waals surface area contributed by atoms with E-state index in [0.717, 1.165) is 32.2 Å². The van der Waals surface area contributed by atoms with Gasteiger partial charge in [-0.3, -0.25) is 9.48 Å². The number of amides is 1. The first-order chi connectivity index (χ1) is 10.6. The summed E-state index contributed by atoms with van der Waals surface area (Å²) < 4.78 is 1.87. The van der Waals surface area contributed by atoms with E-state index in [1.165, 1.54) is 11.1 Å². The minimum atomic E-state index is -0.114. The van der Waals surface area contributed by atoms with Crippen molar-refractivity contribution in [2.45, 2.75) is 51.1 Å². The Balaban J connectivity index is 1.51. The second-order valence-electron chi connectivity index (χ2n) is 6.43. The highest BCUT2D eigenvalue weighted by atomic mass is 16.1. The number of hydrogen-bond donors (Lipinski definition) is 1. The lowest BCUT2D eigenvalue weighted by Gasteiger charge is -2.36. The summed E-state index contributed by atoms with van der Waals surface area (Å²) in [5.74, 6) is 0.147. The standard InChI is InChI=1S/C18H23N3O/c1-18(10-9-15-6-2-3-7-16(15)14-18)20-17(22)8-4-12-21-13-5-11-19-21/h2-3,5-7,11,13H,4,8-10,12,14H2,1H3,(H,20,22)/t18-/m0/s1. The van der Waals surface area contributed by atoms with Crippen molar-refractivity contribution in [2.75, 3.05) is 0 Å². The minimum absolute atomic E-state index is 0.114. The van der Waals surface area contributed by atoms with Gasteiger partial charge in [0.05, 0.1) is 0 Å². The molecule has 1 amide bonds. The lowest BCUT2D eigenvalue weighted by Crippen LogP contribution is -2.49. The molecule has 1 aromatic heterocycles. The van der Waals surface area contributed by atoms with Crippen molar-refractivity contribution in [3.05, 3.63) is 53.9 Å². The average Bonchev–Trinajstić information content (AvgIpc) is 3.00. The predicted molar refractivity (Wildman–Crippen MR) is 86.5 cm³/mol. The summed E-state index contributed by atoms with van der Waals surface area (Å²) in [6.45, 7) is 2.95. The van der Waals surface area contributed by atoms with Crippen LogP contribution in [0.25, 0.3) is 0 Å². The Morgan fingerprint density at radius 3 is 2.91 bits per heavy atom. The summed E-state index contributed by atoms with van der Waals surface area (Å²) in [5, 5.41) is 7.40. The van der Waals surface area contributed by atoms with Crippen LogP contribution >= 0.6 is 0 Å². The molecule has 0 bridgehead atoms. The number of fused-ring (bicyclic) bond motifs is 1. The highest BCUT2D eigenvalue weighted by Gasteiger charge is 2.30. The van der Waals surface area contributed by atoms with Crippen molar-refractivity contribution in [1.82, 2.24) is 15.1 Å². The molecule has 0 radical (unpaired) electrons. The lowest BCUT2D eigenvalue weighted by molar-refractivity contribution is -0.123. The van der Waals surface area contributed by atoms with E-state index in [2.05, 4.69) is 41.6 Å². The number of nitrogens with zero attached hydrogens (tertiary/aromatic N) is 2. The third-order valence-corrected chi connectivity index (χ3v) is 4.44. The monoisotopic (exact) mass is 297 g/mol. The molecule has 116 valence electrons. The van der Waals surface area contributed by atoms with Crippen LogP contribution < -0.4 is 5.32 Å². The van der Waals surface area contributed by atoms with Crippen LogP contribution in [0.4, 0.5) is 0 Å². The normalized spacial score (nSPS) is 20.4. The Bertz CT molecular complexity index is 636. The van der Waals surface area contributed by atoms with Gasteiger partial charge in [0.2, 0.25) is 5.91 Å². The van der Waals surface area contributed by atoms with Gasteiger partial charge in [-0.25, -0.2) is 0 Å². The van der Waals surface area contributed by atoms with Crippen molar-refractivity contribution in [1.29, 1.82) is 0 Å². The lowest BCUT2D eigenvalue weighted by atomic mass is 9.79. The first-order valence-corrected chi connectivity index (χ1v) is 8.00. The molecule has 0 saturated heterocycles. The molecule has 22 heavy (non-hydrogen) atoms. The van der Waals surface area contributed by atoms with Crippen LogP contribution in [0.15, 0.2) is 42.7 Å². The quantitative estimate of drug-likeness (QED) is 0.922. The van der Waals surface area contributed by atoms with Gasteiger partial charge in [-0.15, -0.1) is 0 Å². The van der Waals surface area contributed by atoms with Crippen molar-refractivity contribution in [3.63, 3.8) is 0 Å². The molecule has 0 spiro atoms. The zero-order valence-corrected chi connectivity index (χ0v) is 13.1. The number of carbonyl (C=O) groups excluding carboxylic acids is 1. The molecule has 3 rings (SSSR count). The Kier molecular flexibility index (Phi) is 4.27. The van der Waals surface area contributed by atoms with Gasteiger partial charge in [-0.05, 0) is 49.8 Å². The molecule has 0 aliphatic heterocycles. The van der Waals surface area contributed by atoms with E-state index in [1.54, 1.807) is 6.20 Å². The summed E-state index contributed by atoms with van der Waals surface area (Å²) in [7, 11) is 0. The number of benzene rings is 1. The van der Waals surface area contributed by atoms with Crippen molar-refractivity contribution in [2.24, 2.45) is 0 Å². The maximum absolute atomic E-state index is 12.2. The van der Waals surface area contributed by atoms with Crippen molar-refractivity contribution >= 4 is 5.91 Å². The van der Waals surface area contributed by atoms with Crippen LogP contribution in [-0.4, -0.2) is 21.2 Å². The summed E-state index contributed by atoms with van der Waals surface area (Å²) >= 11 is 0. The largest absolute Gasteiger partial charge is 0.351 e. The molecular formula is C18H23N3O. The Morgan fingerprint density at radius 1 is 1.32 bits per heavy atom. The Morgan fingerprint density at radius 2 is 2.14 bits per heavy atom. The molecule has 0 fully saturated rings. The van der Waals surface area contributed by atoms with Crippen LogP contribution in [0.5, 0.6) is 0 Å². The number of hydrogen-bond acceptors (Lipinski definition) is 2. The summed E-state index contributed by atoms with van der Waals surface area (Å²) in [6, 6.07) is 10.4. The van der Waals surface area contributed by atoms with E-state index >= 15 is 0 Å². The van der Waals surface area contributed by atoms with E-state index < -0.39 is 0 Å². The molecule has 4 nitrogen and oxygen atoms in total. The fourth-order valence-corrected chi connectivity index (χ4v) is 3.23. The van der Waals surface area contributed by atoms with Gasteiger partial charge >= 0.3 is 0 Å². The third kappa shape index (κ3) is 3.56. The van der Waals surface area contributed by atoms with Crippen LogP contribution in [0.3, 0.4) is 0 Å². The van der Waals surface area contributed by atoms with Gasteiger partial charge in [-0.2, -0.15) is 5.10 Å². The van der Waals surface area contributed by atoms with Crippen molar-refractivity contribution in [3.8, 4) is 0 Å². The number of rotatable bonds is 5. The smallest absolute Gasteiger partial charge is 0.220 e. The molecule has 4 heteroatoms. The number of aryl methyl sites for hydroxylation is 2. The molecule has 1 N–H and O–H groups in total. The van der Waals surface area contributed by atoms with Gasteiger partial charge < -0.3 is 5.32 Å². The maximum Gasteiger partial charge on any atom is 0.220 e. The minimum Gasteiger partial charge on any atom is -0.351 e. The SMILES string of the molecule is C[C@]1(NC(=O)CCCn2cccn2)CCc2ccccc2C1. The molecule has 0 unspecified atom stereocenters. The molecule has 1 atom stereocenters. The zero-order chi connectivity index (χ0) is 15.4.